The van der Waals surface area contributed by atoms with Gasteiger partial charge in [0, 0.05) is 17.8 Å². The van der Waals surface area contributed by atoms with Crippen LogP contribution in [-0.4, -0.2) is 52.9 Å². The van der Waals surface area contributed by atoms with Gasteiger partial charge in [-0.05, 0) is 55.4 Å². The second-order valence-electron chi connectivity index (χ2n) is 9.44. The smallest absolute Gasteiger partial charge is 0.319 e. The summed E-state index contributed by atoms with van der Waals surface area (Å²) >= 11 is 0. The van der Waals surface area contributed by atoms with Crippen LogP contribution in [0.4, 0.5) is 10.5 Å². The Kier molecular flexibility index (Phi) is 8.77. The lowest BCUT2D eigenvalue weighted by Gasteiger charge is -2.35. The number of hydroxylamine groups is 1. The summed E-state index contributed by atoms with van der Waals surface area (Å²) in [7, 11) is 0. The van der Waals surface area contributed by atoms with Crippen LogP contribution in [0, 0.1) is 11.3 Å². The first-order chi connectivity index (χ1) is 15.0. The van der Waals surface area contributed by atoms with E-state index in [0.717, 1.165) is 25.7 Å². The summed E-state index contributed by atoms with van der Waals surface area (Å²) in [5.74, 6) is -0.845. The molecule has 32 heavy (non-hydrogen) atoms. The molecule has 0 saturated heterocycles. The maximum atomic E-state index is 13.4. The van der Waals surface area contributed by atoms with Crippen LogP contribution in [0.5, 0.6) is 0 Å². The third-order valence-corrected chi connectivity index (χ3v) is 5.66. The topological polar surface area (TPSA) is 128 Å². The number of amides is 4. The lowest BCUT2D eigenvalue weighted by molar-refractivity contribution is -0.142. The molecule has 1 aliphatic rings. The third-order valence-electron chi connectivity index (χ3n) is 5.66. The van der Waals surface area contributed by atoms with Crippen LogP contribution in [0.1, 0.15) is 63.7 Å². The summed E-state index contributed by atoms with van der Waals surface area (Å²) in [6.45, 7) is 7.07. The Bertz CT molecular complexity index is 826. The van der Waals surface area contributed by atoms with Crippen LogP contribution >= 0.6 is 0 Å². The Balaban J connectivity index is 2.14. The molecule has 176 valence electrons. The predicted molar refractivity (Wildman–Crippen MR) is 120 cm³/mol. The van der Waals surface area contributed by atoms with Gasteiger partial charge in [-0.3, -0.25) is 19.6 Å². The molecule has 1 aliphatic carbocycles. The van der Waals surface area contributed by atoms with Crippen LogP contribution in [0.25, 0.3) is 0 Å². The molecule has 9 heteroatoms. The predicted octanol–water partition coefficient (Wildman–Crippen LogP) is 2.95. The van der Waals surface area contributed by atoms with Crippen molar-refractivity contribution in [3.05, 3.63) is 29.8 Å². The number of hydrogen-bond donors (Lipinski definition) is 4. The molecule has 0 aliphatic heterocycles. The summed E-state index contributed by atoms with van der Waals surface area (Å²) in [6, 6.07) is 4.99. The molecule has 0 bridgehead atoms. The lowest BCUT2D eigenvalue weighted by atomic mass is 9.85. The average molecular weight is 447 g/mol. The van der Waals surface area contributed by atoms with Crippen LogP contribution in [0.2, 0.25) is 0 Å². The van der Waals surface area contributed by atoms with Gasteiger partial charge in [0.05, 0.1) is 0 Å². The Hall–Kier alpha value is -2.94. The molecule has 0 spiro atoms. The van der Waals surface area contributed by atoms with Gasteiger partial charge >= 0.3 is 6.03 Å². The van der Waals surface area contributed by atoms with E-state index in [4.69, 9.17) is 5.21 Å². The summed E-state index contributed by atoms with van der Waals surface area (Å²) in [6.07, 6.45) is 4.14. The zero-order valence-corrected chi connectivity index (χ0v) is 19.2. The second kappa shape index (κ2) is 11.1. The van der Waals surface area contributed by atoms with E-state index in [0.29, 0.717) is 23.7 Å². The third kappa shape index (κ3) is 7.33. The SMILES string of the molecule is CC(=O)c1ccc(NC(=O)N[C@H](C(=O)N(CC(=O)NO)CC2CCCC2)C(C)(C)C)cc1. The van der Waals surface area contributed by atoms with E-state index in [1.54, 1.807) is 29.7 Å². The number of benzene rings is 1. The minimum absolute atomic E-state index is 0.0753. The Labute approximate surface area is 188 Å². The van der Waals surface area contributed by atoms with Crippen molar-refractivity contribution < 1.29 is 24.4 Å². The highest BCUT2D eigenvalue weighted by atomic mass is 16.5. The summed E-state index contributed by atoms with van der Waals surface area (Å²) in [5, 5.41) is 14.4. The average Bonchev–Trinajstić information content (AvgIpc) is 3.23. The quantitative estimate of drug-likeness (QED) is 0.277. The fourth-order valence-electron chi connectivity index (χ4n) is 3.86. The maximum absolute atomic E-state index is 13.4. The molecular formula is C23H34N4O5. The van der Waals surface area contributed by atoms with Crippen LogP contribution in [0.3, 0.4) is 0 Å². The minimum atomic E-state index is -0.896. The van der Waals surface area contributed by atoms with Crippen LogP contribution in [-0.2, 0) is 9.59 Å². The molecular weight excluding hydrogens is 412 g/mol. The van der Waals surface area contributed by atoms with Gasteiger partial charge in [-0.1, -0.05) is 33.6 Å². The van der Waals surface area contributed by atoms with Crippen molar-refractivity contribution in [2.24, 2.45) is 11.3 Å². The summed E-state index contributed by atoms with van der Waals surface area (Å²) < 4.78 is 0. The molecule has 9 nitrogen and oxygen atoms in total. The number of rotatable bonds is 8. The van der Waals surface area contributed by atoms with Gasteiger partial charge in [-0.25, -0.2) is 10.3 Å². The van der Waals surface area contributed by atoms with Crippen LogP contribution in [0.15, 0.2) is 24.3 Å². The first-order valence-corrected chi connectivity index (χ1v) is 10.9. The second-order valence-corrected chi connectivity index (χ2v) is 9.44. The number of hydrogen-bond acceptors (Lipinski definition) is 5. The molecule has 4 N–H and O–H groups in total. The first kappa shape index (κ1) is 25.3. The normalized spacial score (nSPS) is 15.0. The zero-order chi connectivity index (χ0) is 23.9. The molecule has 0 heterocycles. The highest BCUT2D eigenvalue weighted by Crippen LogP contribution is 2.27. The van der Waals surface area contributed by atoms with E-state index in [9.17, 15) is 19.2 Å². The molecule has 0 radical (unpaired) electrons. The van der Waals surface area contributed by atoms with Gasteiger partial charge in [0.2, 0.25) is 5.91 Å². The minimum Gasteiger partial charge on any atom is -0.331 e. The summed E-state index contributed by atoms with van der Waals surface area (Å²) in [5.41, 5.74) is 1.97. The molecule has 2 rings (SSSR count). The molecule has 0 aromatic heterocycles. The monoisotopic (exact) mass is 446 g/mol. The number of Topliss-reactive ketones (excluding diaryl/α,β-unsaturated/α-hetero) is 1. The Morgan fingerprint density at radius 1 is 1.09 bits per heavy atom. The van der Waals surface area contributed by atoms with E-state index in [1.165, 1.54) is 11.8 Å². The van der Waals surface area contributed by atoms with E-state index in [-0.39, 0.29) is 18.2 Å². The lowest BCUT2D eigenvalue weighted by Crippen LogP contribution is -2.57. The number of ketones is 1. The fraction of sp³-hybridized carbons (Fsp3) is 0.565. The number of carbonyl (C=O) groups excluding carboxylic acids is 4. The fourth-order valence-corrected chi connectivity index (χ4v) is 3.86. The number of nitrogens with zero attached hydrogens (tertiary/aromatic N) is 1. The highest BCUT2D eigenvalue weighted by Gasteiger charge is 2.37. The molecule has 1 fully saturated rings. The number of carbonyl (C=O) groups is 4. The van der Waals surface area contributed by atoms with Gasteiger partial charge in [0.25, 0.3) is 5.91 Å². The van der Waals surface area contributed by atoms with Gasteiger partial charge in [0.15, 0.2) is 5.78 Å². The molecule has 0 unspecified atom stereocenters. The van der Waals surface area contributed by atoms with E-state index < -0.39 is 23.4 Å². The van der Waals surface area contributed by atoms with Crippen molar-refractivity contribution in [2.45, 2.75) is 59.4 Å². The van der Waals surface area contributed by atoms with Crippen molar-refractivity contribution in [3.63, 3.8) is 0 Å². The summed E-state index contributed by atoms with van der Waals surface area (Å²) in [4.78, 5) is 50.7. The van der Waals surface area contributed by atoms with Crippen LogP contribution < -0.4 is 16.1 Å². The van der Waals surface area contributed by atoms with E-state index in [2.05, 4.69) is 10.6 Å². The van der Waals surface area contributed by atoms with Crippen molar-refractivity contribution in [1.82, 2.24) is 15.7 Å². The largest absolute Gasteiger partial charge is 0.331 e. The maximum Gasteiger partial charge on any atom is 0.319 e. The molecule has 1 aromatic carbocycles. The number of nitrogens with one attached hydrogen (secondary N) is 3. The van der Waals surface area contributed by atoms with Crippen molar-refractivity contribution >= 4 is 29.3 Å². The first-order valence-electron chi connectivity index (χ1n) is 10.9. The van der Waals surface area contributed by atoms with E-state index >= 15 is 0 Å². The number of urea groups is 1. The number of anilines is 1. The zero-order valence-electron chi connectivity index (χ0n) is 19.2. The molecule has 1 atom stereocenters. The molecule has 1 saturated carbocycles. The van der Waals surface area contributed by atoms with Crippen molar-refractivity contribution in [1.29, 1.82) is 0 Å². The molecule has 1 aromatic rings. The Morgan fingerprint density at radius 2 is 1.69 bits per heavy atom. The van der Waals surface area contributed by atoms with Gasteiger partial charge in [0.1, 0.15) is 12.6 Å². The van der Waals surface area contributed by atoms with E-state index in [1.807, 2.05) is 20.8 Å². The van der Waals surface area contributed by atoms with Gasteiger partial charge < -0.3 is 15.5 Å². The Morgan fingerprint density at radius 3 is 2.19 bits per heavy atom. The van der Waals surface area contributed by atoms with Gasteiger partial charge in [-0.2, -0.15) is 0 Å². The van der Waals surface area contributed by atoms with Gasteiger partial charge in [-0.15, -0.1) is 0 Å². The molecule has 4 amide bonds. The van der Waals surface area contributed by atoms with Crippen molar-refractivity contribution in [2.75, 3.05) is 18.4 Å². The highest BCUT2D eigenvalue weighted by molar-refractivity contribution is 5.97. The standard InChI is InChI=1S/C23H34N4O5/c1-15(28)17-9-11-18(12-10-17)24-22(31)25-20(23(2,3)4)21(30)27(14-19(29)26-32)13-16-7-5-6-8-16/h9-12,16,20,32H,5-8,13-14H2,1-4H3,(H,26,29)(H2,24,25,31)/t20-/m1/s1. The van der Waals surface area contributed by atoms with Crippen molar-refractivity contribution in [3.8, 4) is 0 Å².